The molecule has 0 radical (unpaired) electrons. The molecule has 0 amide bonds. The van der Waals surface area contributed by atoms with Crippen molar-refractivity contribution in [3.05, 3.63) is 40.3 Å². The minimum absolute atomic E-state index is 0.106. The van der Waals surface area contributed by atoms with Crippen LogP contribution in [0.1, 0.15) is 63.9 Å². The lowest BCUT2D eigenvalue weighted by molar-refractivity contribution is 0.107. The zero-order valence-corrected chi connectivity index (χ0v) is 27.9. The number of nitrogens with one attached hydrogen (secondary N) is 1. The number of hydrogen-bond donors (Lipinski definition) is 2. The third-order valence-electron chi connectivity index (χ3n) is 10.5. The zero-order chi connectivity index (χ0) is 32.8. The number of rotatable bonds is 6. The highest BCUT2D eigenvalue weighted by Crippen LogP contribution is 2.51. The molecule has 7 heterocycles. The summed E-state index contributed by atoms with van der Waals surface area (Å²) in [6, 6.07) is 1.84. The molecule has 9 rings (SSSR count). The summed E-state index contributed by atoms with van der Waals surface area (Å²) in [5.41, 5.74) is 2.53. The van der Waals surface area contributed by atoms with Crippen molar-refractivity contribution in [3.8, 4) is 23.1 Å². The Morgan fingerprint density at radius 1 is 1.21 bits per heavy atom. The number of hydrogen-bond acceptors (Lipinski definition) is 10. The van der Waals surface area contributed by atoms with E-state index in [4.69, 9.17) is 40.8 Å². The van der Waals surface area contributed by atoms with E-state index in [9.17, 15) is 5.11 Å². The third-order valence-corrected chi connectivity index (χ3v) is 10.8. The number of H-pyrrole nitrogens is 1. The molecule has 1 saturated carbocycles. The van der Waals surface area contributed by atoms with Crippen LogP contribution in [0.3, 0.4) is 0 Å². The van der Waals surface area contributed by atoms with Gasteiger partial charge in [0.25, 0.3) is 0 Å². The van der Waals surface area contributed by atoms with Crippen LogP contribution in [0.25, 0.3) is 33.1 Å². The van der Waals surface area contributed by atoms with Gasteiger partial charge in [0, 0.05) is 35.7 Å². The molecule has 2 atom stereocenters. The molecule has 1 aliphatic carbocycles. The van der Waals surface area contributed by atoms with Gasteiger partial charge in [0.15, 0.2) is 5.82 Å². The minimum Gasteiger partial charge on any atom is -0.475 e. The first-order chi connectivity index (χ1) is 23.2. The van der Waals surface area contributed by atoms with Crippen LogP contribution in [0, 0.1) is 5.82 Å². The molecule has 0 bridgehead atoms. The van der Waals surface area contributed by atoms with Gasteiger partial charge >= 0.3 is 6.01 Å². The Hall–Kier alpha value is -3.58. The van der Waals surface area contributed by atoms with Crippen LogP contribution in [0.4, 0.5) is 10.2 Å². The summed E-state index contributed by atoms with van der Waals surface area (Å²) in [7, 11) is 0. The second kappa shape index (κ2) is 11.2. The first-order valence-corrected chi connectivity index (χ1v) is 17.4. The Morgan fingerprint density at radius 2 is 2.08 bits per heavy atom. The van der Waals surface area contributed by atoms with Crippen molar-refractivity contribution in [2.75, 3.05) is 51.0 Å². The first kappa shape index (κ1) is 30.5. The third kappa shape index (κ3) is 5.10. The lowest BCUT2D eigenvalue weighted by Crippen LogP contribution is -2.43. The molecular weight excluding hydrogens is 637 g/mol. The van der Waals surface area contributed by atoms with Gasteiger partial charge in [-0.15, -0.1) is 0 Å². The van der Waals surface area contributed by atoms with Crippen molar-refractivity contribution in [3.63, 3.8) is 0 Å². The molecule has 252 valence electrons. The Labute approximate surface area is 282 Å². The standard InChI is InChI=1S/C35H39ClFN7O4/c1-34(2,45)12-19-13-35(7-3-8-43(35)15-19)18-48-33-40-30-27-31(41-33)44-9-4-10-46-16-21(44)17-47-32(27)39-29(28(30)37)26-22-14-38-42-24(22)11-23(36)25(26)20-5-6-20/h11-12,14,20-21,45H,3-10,13,15-18H2,1-2H3,(H,38,42)/b19-12-/t21-,35-/m0/s1. The monoisotopic (exact) mass is 675 g/mol. The van der Waals surface area contributed by atoms with Crippen molar-refractivity contribution in [2.24, 2.45) is 0 Å². The van der Waals surface area contributed by atoms with Crippen LogP contribution < -0.4 is 14.4 Å². The van der Waals surface area contributed by atoms with Crippen LogP contribution in [-0.4, -0.2) is 98.4 Å². The maximum absolute atomic E-state index is 17.3. The summed E-state index contributed by atoms with van der Waals surface area (Å²) < 4.78 is 36.1. The van der Waals surface area contributed by atoms with Gasteiger partial charge in [-0.2, -0.15) is 15.1 Å². The Bertz CT molecular complexity index is 1970. The fourth-order valence-corrected chi connectivity index (χ4v) is 8.70. The number of aromatic nitrogens is 5. The highest BCUT2D eigenvalue weighted by molar-refractivity contribution is 6.33. The van der Waals surface area contributed by atoms with Crippen LogP contribution in [0.5, 0.6) is 11.9 Å². The van der Waals surface area contributed by atoms with Gasteiger partial charge in [0.2, 0.25) is 5.88 Å². The molecule has 4 fully saturated rings. The normalized spacial score (nSPS) is 25.3. The second-order valence-electron chi connectivity index (χ2n) is 14.6. The topological polar surface area (TPSA) is 122 Å². The van der Waals surface area contributed by atoms with E-state index in [1.165, 1.54) is 5.57 Å². The van der Waals surface area contributed by atoms with Gasteiger partial charge in [-0.05, 0) is 76.5 Å². The average Bonchev–Trinajstić information content (AvgIpc) is 3.64. The molecule has 0 spiro atoms. The predicted molar refractivity (Wildman–Crippen MR) is 179 cm³/mol. The fourth-order valence-electron chi connectivity index (χ4n) is 8.34. The Kier molecular flexibility index (Phi) is 7.13. The summed E-state index contributed by atoms with van der Waals surface area (Å²) in [6.45, 7) is 7.76. The van der Waals surface area contributed by atoms with Crippen LogP contribution in [0.2, 0.25) is 5.02 Å². The van der Waals surface area contributed by atoms with E-state index in [2.05, 4.69) is 20.0 Å². The number of pyridine rings is 1. The quantitative estimate of drug-likeness (QED) is 0.252. The SMILES string of the molecule is CC(C)(O)/C=C1\CN2CCC[C@@]2(COc2nc3c4c(nc(-c5c(C6CC6)c(Cl)cc6[nH]ncc56)c(F)c4n2)OC[C@@H]2COCCCN32)C1. The molecule has 0 unspecified atom stereocenters. The molecule has 3 saturated heterocycles. The van der Waals surface area contributed by atoms with E-state index in [-0.39, 0.29) is 40.6 Å². The van der Waals surface area contributed by atoms with Gasteiger partial charge in [0.1, 0.15) is 35.6 Å². The molecule has 48 heavy (non-hydrogen) atoms. The van der Waals surface area contributed by atoms with Gasteiger partial charge in [0.05, 0.1) is 35.5 Å². The summed E-state index contributed by atoms with van der Waals surface area (Å²) in [4.78, 5) is 19.2. The molecule has 5 aliphatic rings. The number of halogens is 2. The highest BCUT2D eigenvalue weighted by Gasteiger charge is 2.47. The molecular formula is C35H39ClFN7O4. The lowest BCUT2D eigenvalue weighted by atomic mass is 9.92. The van der Waals surface area contributed by atoms with Gasteiger partial charge in [-0.3, -0.25) is 10.00 Å². The number of fused-ring (bicyclic) bond motifs is 4. The second-order valence-corrected chi connectivity index (χ2v) is 15.1. The van der Waals surface area contributed by atoms with Gasteiger partial charge in [-0.25, -0.2) is 9.37 Å². The molecule has 3 aromatic heterocycles. The Morgan fingerprint density at radius 3 is 2.92 bits per heavy atom. The van der Waals surface area contributed by atoms with Crippen LogP contribution >= 0.6 is 11.6 Å². The predicted octanol–water partition coefficient (Wildman–Crippen LogP) is 5.54. The van der Waals surface area contributed by atoms with E-state index in [0.717, 1.165) is 62.6 Å². The van der Waals surface area contributed by atoms with E-state index in [0.29, 0.717) is 60.3 Å². The highest BCUT2D eigenvalue weighted by atomic mass is 35.5. The van der Waals surface area contributed by atoms with Gasteiger partial charge < -0.3 is 24.2 Å². The van der Waals surface area contributed by atoms with Crippen molar-refractivity contribution < 1.29 is 23.7 Å². The number of anilines is 1. The summed E-state index contributed by atoms with van der Waals surface area (Å²) in [5, 5.41) is 19.5. The largest absolute Gasteiger partial charge is 0.475 e. The fraction of sp³-hybridized carbons (Fsp3) is 0.543. The Balaban J connectivity index is 1.19. The molecule has 4 aliphatic heterocycles. The van der Waals surface area contributed by atoms with Crippen molar-refractivity contribution >= 4 is 39.2 Å². The van der Waals surface area contributed by atoms with E-state index in [1.807, 2.05) is 12.1 Å². The van der Waals surface area contributed by atoms with E-state index < -0.39 is 11.4 Å². The van der Waals surface area contributed by atoms with Crippen molar-refractivity contribution in [1.82, 2.24) is 30.0 Å². The van der Waals surface area contributed by atoms with E-state index >= 15 is 4.39 Å². The van der Waals surface area contributed by atoms with Crippen molar-refractivity contribution in [1.29, 1.82) is 0 Å². The summed E-state index contributed by atoms with van der Waals surface area (Å²) >= 11 is 6.86. The number of aliphatic hydroxyl groups is 1. The van der Waals surface area contributed by atoms with Crippen LogP contribution in [0.15, 0.2) is 23.9 Å². The molecule has 4 aromatic rings. The van der Waals surface area contributed by atoms with Gasteiger partial charge in [-0.1, -0.05) is 23.3 Å². The lowest BCUT2D eigenvalue weighted by Gasteiger charge is -2.31. The number of ether oxygens (including phenoxy) is 3. The van der Waals surface area contributed by atoms with E-state index in [1.54, 1.807) is 20.0 Å². The molecule has 11 nitrogen and oxygen atoms in total. The van der Waals surface area contributed by atoms with Crippen LogP contribution in [-0.2, 0) is 4.74 Å². The number of aromatic amines is 1. The molecule has 13 heteroatoms. The average molecular weight is 676 g/mol. The van der Waals surface area contributed by atoms with Crippen molar-refractivity contribution in [2.45, 2.75) is 75.5 Å². The number of nitrogens with zero attached hydrogens (tertiary/aromatic N) is 6. The summed E-state index contributed by atoms with van der Waals surface area (Å²) in [6.07, 6.45) is 9.22. The smallest absolute Gasteiger partial charge is 0.319 e. The molecule has 2 N–H and O–H groups in total. The summed E-state index contributed by atoms with van der Waals surface area (Å²) in [5.74, 6) is 0.479. The zero-order valence-electron chi connectivity index (χ0n) is 27.2. The first-order valence-electron chi connectivity index (χ1n) is 17.0. The number of benzene rings is 1. The molecule has 1 aromatic carbocycles. The maximum Gasteiger partial charge on any atom is 0.319 e. The minimum atomic E-state index is -0.888. The maximum atomic E-state index is 17.3.